The van der Waals surface area contributed by atoms with Gasteiger partial charge < -0.3 is 9.26 Å². The molecule has 0 aliphatic heterocycles. The third-order valence-electron chi connectivity index (χ3n) is 2.75. The van der Waals surface area contributed by atoms with Crippen molar-refractivity contribution < 1.29 is 14.1 Å². The molecule has 1 atom stereocenters. The lowest BCUT2D eigenvalue weighted by molar-refractivity contribution is -0.140. The lowest BCUT2D eigenvalue weighted by Gasteiger charge is -2.07. The summed E-state index contributed by atoms with van der Waals surface area (Å²) in [5.74, 6) is 1.31. The van der Waals surface area contributed by atoms with E-state index in [-0.39, 0.29) is 11.2 Å². The number of halogens is 1. The molecule has 2 aromatic rings. The summed E-state index contributed by atoms with van der Waals surface area (Å²) < 4.78 is 9.85. The normalized spacial score (nSPS) is 12.1. The third-order valence-corrected chi connectivity index (χ3v) is 4.24. The molecule has 0 saturated carbocycles. The Bertz CT molecular complexity index is 618. The van der Waals surface area contributed by atoms with Gasteiger partial charge in [0, 0.05) is 5.25 Å². The zero-order chi connectivity index (χ0) is 15.2. The Kier molecular flexibility index (Phi) is 5.64. The summed E-state index contributed by atoms with van der Waals surface area (Å²) in [7, 11) is 1.38. The smallest absolute Gasteiger partial charge is 0.306 e. The Morgan fingerprint density at radius 3 is 2.95 bits per heavy atom. The van der Waals surface area contributed by atoms with Crippen LogP contribution in [0.15, 0.2) is 28.8 Å². The van der Waals surface area contributed by atoms with Crippen molar-refractivity contribution in [3.8, 4) is 11.5 Å². The van der Waals surface area contributed by atoms with E-state index in [9.17, 15) is 4.79 Å². The summed E-state index contributed by atoms with van der Waals surface area (Å²) in [4.78, 5) is 15.5. The molecule has 1 aromatic carbocycles. The molecule has 0 spiro atoms. The summed E-state index contributed by atoms with van der Waals surface area (Å²) >= 11 is 7.65. The number of aromatic nitrogens is 2. The first-order chi connectivity index (χ1) is 10.1. The van der Waals surface area contributed by atoms with Crippen molar-refractivity contribution >= 4 is 29.3 Å². The van der Waals surface area contributed by atoms with Crippen molar-refractivity contribution in [3.63, 3.8) is 0 Å². The lowest BCUT2D eigenvalue weighted by Crippen LogP contribution is -2.08. The fraction of sp³-hybridized carbons (Fsp3) is 0.357. The van der Waals surface area contributed by atoms with E-state index >= 15 is 0 Å². The highest BCUT2D eigenvalue weighted by Gasteiger charge is 2.14. The molecule has 0 amide bonds. The summed E-state index contributed by atoms with van der Waals surface area (Å²) in [5, 5.41) is 4.62. The summed E-state index contributed by atoms with van der Waals surface area (Å²) in [6.45, 7) is 1.96. The minimum atomic E-state index is -0.222. The van der Waals surface area contributed by atoms with Gasteiger partial charge >= 0.3 is 5.97 Å². The van der Waals surface area contributed by atoms with Crippen molar-refractivity contribution in [1.29, 1.82) is 0 Å². The SMILES string of the molecule is COC(=O)CC(C)SCc1noc(-c2ccccc2Cl)n1. The minimum absolute atomic E-state index is 0.125. The van der Waals surface area contributed by atoms with Gasteiger partial charge in [0.2, 0.25) is 0 Å². The highest BCUT2D eigenvalue weighted by atomic mass is 35.5. The number of carbonyl (C=O) groups excluding carboxylic acids is 1. The summed E-state index contributed by atoms with van der Waals surface area (Å²) in [5.41, 5.74) is 0.713. The Morgan fingerprint density at radius 1 is 1.48 bits per heavy atom. The number of hydrogen-bond acceptors (Lipinski definition) is 6. The Labute approximate surface area is 132 Å². The van der Waals surface area contributed by atoms with Crippen molar-refractivity contribution in [2.75, 3.05) is 7.11 Å². The van der Waals surface area contributed by atoms with Crippen molar-refractivity contribution in [3.05, 3.63) is 35.1 Å². The van der Waals surface area contributed by atoms with Gasteiger partial charge in [-0.25, -0.2) is 0 Å². The lowest BCUT2D eigenvalue weighted by atomic mass is 10.2. The predicted octanol–water partition coefficient (Wildman–Crippen LogP) is 3.57. The standard InChI is InChI=1S/C14H15ClN2O3S/c1-9(7-13(18)19-2)21-8-12-16-14(20-17-12)10-5-3-4-6-11(10)15/h3-6,9H,7-8H2,1-2H3. The molecule has 21 heavy (non-hydrogen) atoms. The maximum Gasteiger partial charge on any atom is 0.306 e. The fourth-order valence-electron chi connectivity index (χ4n) is 1.65. The van der Waals surface area contributed by atoms with E-state index < -0.39 is 0 Å². The van der Waals surface area contributed by atoms with E-state index in [0.717, 1.165) is 0 Å². The molecule has 1 heterocycles. The fourth-order valence-corrected chi connectivity index (χ4v) is 2.67. The molecule has 1 aromatic heterocycles. The van der Waals surface area contributed by atoms with E-state index in [4.69, 9.17) is 16.1 Å². The topological polar surface area (TPSA) is 65.2 Å². The summed E-state index contributed by atoms with van der Waals surface area (Å²) in [6.07, 6.45) is 0.358. The van der Waals surface area contributed by atoms with Gasteiger partial charge in [-0.15, -0.1) is 11.8 Å². The first kappa shape index (κ1) is 15.9. The number of hydrogen-bond donors (Lipinski definition) is 0. The Balaban J connectivity index is 1.95. The van der Waals surface area contributed by atoms with Gasteiger partial charge in [0.25, 0.3) is 5.89 Å². The van der Waals surface area contributed by atoms with Gasteiger partial charge in [0.1, 0.15) is 0 Å². The van der Waals surface area contributed by atoms with E-state index in [1.807, 2.05) is 25.1 Å². The summed E-state index contributed by atoms with van der Waals surface area (Å²) in [6, 6.07) is 7.30. The van der Waals surface area contributed by atoms with Crippen LogP contribution >= 0.6 is 23.4 Å². The van der Waals surface area contributed by atoms with Crippen LogP contribution in [-0.4, -0.2) is 28.5 Å². The van der Waals surface area contributed by atoms with Crippen molar-refractivity contribution in [2.45, 2.75) is 24.3 Å². The molecule has 0 aliphatic carbocycles. The molecular formula is C14H15ClN2O3S. The van der Waals surface area contributed by atoms with Gasteiger partial charge in [-0.05, 0) is 12.1 Å². The molecule has 0 saturated heterocycles. The van der Waals surface area contributed by atoms with Crippen LogP contribution in [0.3, 0.4) is 0 Å². The first-order valence-corrected chi connectivity index (χ1v) is 7.78. The van der Waals surface area contributed by atoms with E-state index in [1.54, 1.807) is 17.8 Å². The molecule has 0 fully saturated rings. The van der Waals surface area contributed by atoms with Crippen LogP contribution in [0.1, 0.15) is 19.2 Å². The molecule has 0 aliphatic rings. The zero-order valence-corrected chi connectivity index (χ0v) is 13.3. The molecule has 2 rings (SSSR count). The average molecular weight is 327 g/mol. The molecule has 7 heteroatoms. The largest absolute Gasteiger partial charge is 0.469 e. The number of benzene rings is 1. The number of ether oxygens (including phenoxy) is 1. The molecule has 0 bridgehead atoms. The second-order valence-corrected chi connectivity index (χ2v) is 6.23. The first-order valence-electron chi connectivity index (χ1n) is 6.36. The number of esters is 1. The number of carbonyl (C=O) groups is 1. The van der Waals surface area contributed by atoms with E-state index in [0.29, 0.717) is 34.5 Å². The molecule has 112 valence electrons. The Hall–Kier alpha value is -1.53. The second-order valence-electron chi connectivity index (χ2n) is 4.40. The molecule has 0 N–H and O–H groups in total. The van der Waals surface area contributed by atoms with Crippen LogP contribution in [0.5, 0.6) is 0 Å². The van der Waals surface area contributed by atoms with Gasteiger partial charge in [0.05, 0.1) is 29.9 Å². The molecule has 5 nitrogen and oxygen atoms in total. The Morgan fingerprint density at radius 2 is 2.24 bits per heavy atom. The third kappa shape index (κ3) is 4.47. The maximum absolute atomic E-state index is 11.2. The maximum atomic E-state index is 11.2. The van der Waals surface area contributed by atoms with Gasteiger partial charge in [0.15, 0.2) is 5.82 Å². The van der Waals surface area contributed by atoms with Crippen LogP contribution in [0, 0.1) is 0 Å². The van der Waals surface area contributed by atoms with Crippen molar-refractivity contribution in [1.82, 2.24) is 10.1 Å². The molecular weight excluding hydrogens is 312 g/mol. The second kappa shape index (κ2) is 7.47. The quantitative estimate of drug-likeness (QED) is 0.756. The minimum Gasteiger partial charge on any atom is -0.469 e. The highest BCUT2D eigenvalue weighted by Crippen LogP contribution is 2.27. The van der Waals surface area contributed by atoms with E-state index in [2.05, 4.69) is 14.9 Å². The number of thioether (sulfide) groups is 1. The number of methoxy groups -OCH3 is 1. The predicted molar refractivity (Wildman–Crippen MR) is 82.1 cm³/mol. The van der Waals surface area contributed by atoms with Crippen LogP contribution < -0.4 is 0 Å². The molecule has 0 radical (unpaired) electrons. The monoisotopic (exact) mass is 326 g/mol. The highest BCUT2D eigenvalue weighted by molar-refractivity contribution is 7.99. The molecule has 1 unspecified atom stereocenters. The number of nitrogens with zero attached hydrogens (tertiary/aromatic N) is 2. The van der Waals surface area contributed by atoms with Gasteiger partial charge in [-0.1, -0.05) is 35.8 Å². The zero-order valence-electron chi connectivity index (χ0n) is 11.7. The van der Waals surface area contributed by atoms with E-state index in [1.165, 1.54) is 7.11 Å². The van der Waals surface area contributed by atoms with Gasteiger partial charge in [-0.3, -0.25) is 4.79 Å². The van der Waals surface area contributed by atoms with Crippen LogP contribution in [-0.2, 0) is 15.3 Å². The van der Waals surface area contributed by atoms with Gasteiger partial charge in [-0.2, -0.15) is 4.98 Å². The van der Waals surface area contributed by atoms with Crippen molar-refractivity contribution in [2.24, 2.45) is 0 Å². The number of rotatable bonds is 6. The van der Waals surface area contributed by atoms with Crippen LogP contribution in [0.4, 0.5) is 0 Å². The average Bonchev–Trinajstić information content (AvgIpc) is 2.94. The van der Waals surface area contributed by atoms with Crippen LogP contribution in [0.25, 0.3) is 11.5 Å². The van der Waals surface area contributed by atoms with Crippen LogP contribution in [0.2, 0.25) is 5.02 Å².